The van der Waals surface area contributed by atoms with E-state index >= 15 is 0 Å². The molecule has 0 saturated heterocycles. The van der Waals surface area contributed by atoms with Gasteiger partial charge in [-0.05, 0) is 29.7 Å². The van der Waals surface area contributed by atoms with Gasteiger partial charge in [-0.2, -0.15) is 5.10 Å². The molecule has 0 aliphatic rings. The number of halogens is 2. The van der Waals surface area contributed by atoms with Crippen molar-refractivity contribution in [1.82, 2.24) is 15.1 Å². The molecule has 0 aliphatic carbocycles. The number of aliphatic hydroxyl groups is 1. The quantitative estimate of drug-likeness (QED) is 0.853. The SMILES string of the molecule is Cn1cc(CCC(=O)NCC(O)c2ccc(Cl)c(F)c2)cn1. The molecule has 0 fully saturated rings. The van der Waals surface area contributed by atoms with E-state index in [2.05, 4.69) is 10.4 Å². The van der Waals surface area contributed by atoms with Gasteiger partial charge in [0.2, 0.25) is 5.91 Å². The minimum Gasteiger partial charge on any atom is -0.387 e. The van der Waals surface area contributed by atoms with E-state index in [1.807, 2.05) is 13.2 Å². The Hall–Kier alpha value is -1.92. The lowest BCUT2D eigenvalue weighted by molar-refractivity contribution is -0.121. The van der Waals surface area contributed by atoms with Crippen LogP contribution in [0, 0.1) is 5.82 Å². The Bertz CT molecular complexity index is 660. The van der Waals surface area contributed by atoms with Crippen molar-refractivity contribution in [3.63, 3.8) is 0 Å². The lowest BCUT2D eigenvalue weighted by Gasteiger charge is -2.12. The molecule has 0 spiro atoms. The number of nitrogens with one attached hydrogen (secondary N) is 1. The molecule has 7 heteroatoms. The van der Waals surface area contributed by atoms with Crippen LogP contribution in [-0.2, 0) is 18.3 Å². The molecule has 0 bridgehead atoms. The molecule has 5 nitrogen and oxygen atoms in total. The Morgan fingerprint density at radius 1 is 1.55 bits per heavy atom. The van der Waals surface area contributed by atoms with Crippen LogP contribution >= 0.6 is 11.6 Å². The van der Waals surface area contributed by atoms with Crippen LogP contribution in [0.15, 0.2) is 30.6 Å². The number of aromatic nitrogens is 2. The van der Waals surface area contributed by atoms with Crippen molar-refractivity contribution in [3.8, 4) is 0 Å². The predicted octanol–water partition coefficient (Wildman–Crippen LogP) is 1.99. The van der Waals surface area contributed by atoms with Crippen LogP contribution in [0.2, 0.25) is 5.02 Å². The van der Waals surface area contributed by atoms with Crippen LogP contribution < -0.4 is 5.32 Å². The summed E-state index contributed by atoms with van der Waals surface area (Å²) < 4.78 is 15.0. The number of hydrogen-bond donors (Lipinski definition) is 2. The molecule has 118 valence electrons. The van der Waals surface area contributed by atoms with Crippen molar-refractivity contribution in [3.05, 3.63) is 52.6 Å². The topological polar surface area (TPSA) is 67.2 Å². The van der Waals surface area contributed by atoms with Gasteiger partial charge in [0, 0.05) is 26.2 Å². The maximum absolute atomic E-state index is 13.3. The lowest BCUT2D eigenvalue weighted by Crippen LogP contribution is -2.28. The van der Waals surface area contributed by atoms with Gasteiger partial charge < -0.3 is 10.4 Å². The molecule has 0 radical (unpaired) electrons. The van der Waals surface area contributed by atoms with E-state index in [4.69, 9.17) is 11.6 Å². The highest BCUT2D eigenvalue weighted by Gasteiger charge is 2.12. The number of hydrogen-bond acceptors (Lipinski definition) is 3. The van der Waals surface area contributed by atoms with Crippen LogP contribution in [0.1, 0.15) is 23.7 Å². The Balaban J connectivity index is 1.78. The minimum absolute atomic E-state index is 0.00328. The van der Waals surface area contributed by atoms with Gasteiger partial charge in [0.25, 0.3) is 0 Å². The van der Waals surface area contributed by atoms with Gasteiger partial charge in [-0.1, -0.05) is 17.7 Å². The fourth-order valence-corrected chi connectivity index (χ4v) is 2.11. The van der Waals surface area contributed by atoms with Crippen molar-refractivity contribution in [2.45, 2.75) is 18.9 Å². The molecule has 1 heterocycles. The smallest absolute Gasteiger partial charge is 0.220 e. The summed E-state index contributed by atoms with van der Waals surface area (Å²) in [5.74, 6) is -0.779. The highest BCUT2D eigenvalue weighted by Crippen LogP contribution is 2.19. The van der Waals surface area contributed by atoms with Crippen molar-refractivity contribution in [2.75, 3.05) is 6.54 Å². The molecule has 0 saturated carbocycles. The molecule has 1 aromatic carbocycles. The van der Waals surface area contributed by atoms with Crippen molar-refractivity contribution >= 4 is 17.5 Å². The third-order valence-corrected chi connectivity index (χ3v) is 3.53. The highest BCUT2D eigenvalue weighted by molar-refractivity contribution is 6.30. The summed E-state index contributed by atoms with van der Waals surface area (Å²) in [5.41, 5.74) is 1.34. The maximum Gasteiger partial charge on any atom is 0.220 e. The summed E-state index contributed by atoms with van der Waals surface area (Å²) in [7, 11) is 1.81. The average molecular weight is 326 g/mol. The molecule has 2 N–H and O–H groups in total. The predicted molar refractivity (Wildman–Crippen MR) is 80.9 cm³/mol. The van der Waals surface area contributed by atoms with Crippen molar-refractivity contribution < 1.29 is 14.3 Å². The summed E-state index contributed by atoms with van der Waals surface area (Å²) in [6, 6.07) is 4.06. The first kappa shape index (κ1) is 16.5. The first-order valence-corrected chi connectivity index (χ1v) is 7.20. The third kappa shape index (κ3) is 4.54. The third-order valence-electron chi connectivity index (χ3n) is 3.22. The number of rotatable bonds is 6. The van der Waals surface area contributed by atoms with E-state index in [-0.39, 0.29) is 17.5 Å². The number of aryl methyl sites for hydroxylation is 2. The van der Waals surface area contributed by atoms with Gasteiger partial charge in [-0.25, -0.2) is 4.39 Å². The molecule has 2 aromatic rings. The molecule has 0 aliphatic heterocycles. The maximum atomic E-state index is 13.3. The molecular formula is C15H17ClFN3O2. The lowest BCUT2D eigenvalue weighted by atomic mass is 10.1. The van der Waals surface area contributed by atoms with Crippen LogP contribution in [0.3, 0.4) is 0 Å². The Kier molecular flexibility index (Phi) is 5.51. The van der Waals surface area contributed by atoms with E-state index < -0.39 is 11.9 Å². The number of aliphatic hydroxyl groups excluding tert-OH is 1. The number of carbonyl (C=O) groups is 1. The second-order valence-corrected chi connectivity index (χ2v) is 5.42. The molecule has 2 rings (SSSR count). The fraction of sp³-hybridized carbons (Fsp3) is 0.333. The number of carbonyl (C=O) groups excluding carboxylic acids is 1. The molecule has 1 atom stereocenters. The number of benzene rings is 1. The zero-order chi connectivity index (χ0) is 16.1. The van der Waals surface area contributed by atoms with Crippen LogP contribution in [0.5, 0.6) is 0 Å². The zero-order valence-electron chi connectivity index (χ0n) is 12.1. The fourth-order valence-electron chi connectivity index (χ4n) is 2.00. The molecular weight excluding hydrogens is 309 g/mol. The van der Waals surface area contributed by atoms with Crippen LogP contribution in [-0.4, -0.2) is 27.3 Å². The van der Waals surface area contributed by atoms with Crippen molar-refractivity contribution in [2.24, 2.45) is 7.05 Å². The average Bonchev–Trinajstić information content (AvgIpc) is 2.91. The van der Waals surface area contributed by atoms with Gasteiger partial charge in [0.05, 0.1) is 17.3 Å². The second-order valence-electron chi connectivity index (χ2n) is 5.02. The normalized spacial score (nSPS) is 12.2. The Labute approximate surface area is 132 Å². The minimum atomic E-state index is -0.978. The number of amides is 1. The Morgan fingerprint density at radius 3 is 2.95 bits per heavy atom. The zero-order valence-corrected chi connectivity index (χ0v) is 12.8. The van der Waals surface area contributed by atoms with E-state index in [0.717, 1.165) is 11.6 Å². The number of nitrogens with zero attached hydrogens (tertiary/aromatic N) is 2. The summed E-state index contributed by atoms with van der Waals surface area (Å²) in [4.78, 5) is 11.7. The standard InChI is InChI=1S/C15H17ClFN3O2/c1-20-9-10(7-19-20)2-5-15(22)18-8-14(21)11-3-4-12(16)13(17)6-11/h3-4,6-7,9,14,21H,2,5,8H2,1H3,(H,18,22). The Morgan fingerprint density at radius 2 is 2.32 bits per heavy atom. The van der Waals surface area contributed by atoms with Gasteiger partial charge in [-0.3, -0.25) is 9.48 Å². The van der Waals surface area contributed by atoms with Gasteiger partial charge in [0.15, 0.2) is 0 Å². The molecule has 1 aromatic heterocycles. The van der Waals surface area contributed by atoms with Gasteiger partial charge >= 0.3 is 0 Å². The van der Waals surface area contributed by atoms with Gasteiger partial charge in [-0.15, -0.1) is 0 Å². The van der Waals surface area contributed by atoms with Crippen LogP contribution in [0.25, 0.3) is 0 Å². The van der Waals surface area contributed by atoms with E-state index in [1.54, 1.807) is 10.9 Å². The van der Waals surface area contributed by atoms with E-state index in [9.17, 15) is 14.3 Å². The molecule has 22 heavy (non-hydrogen) atoms. The first-order valence-electron chi connectivity index (χ1n) is 6.83. The van der Waals surface area contributed by atoms with Crippen LogP contribution in [0.4, 0.5) is 4.39 Å². The summed E-state index contributed by atoms with van der Waals surface area (Å²) in [6.45, 7) is 0.0208. The summed E-state index contributed by atoms with van der Waals surface area (Å²) >= 11 is 5.58. The second kappa shape index (κ2) is 7.38. The first-order chi connectivity index (χ1) is 10.5. The largest absolute Gasteiger partial charge is 0.387 e. The summed E-state index contributed by atoms with van der Waals surface area (Å²) in [6.07, 6.45) is 3.45. The van der Waals surface area contributed by atoms with E-state index in [1.165, 1.54) is 12.1 Å². The van der Waals surface area contributed by atoms with E-state index in [0.29, 0.717) is 18.4 Å². The monoisotopic (exact) mass is 325 g/mol. The summed E-state index contributed by atoms with van der Waals surface area (Å²) in [5, 5.41) is 16.6. The highest BCUT2D eigenvalue weighted by atomic mass is 35.5. The van der Waals surface area contributed by atoms with Gasteiger partial charge in [0.1, 0.15) is 5.82 Å². The molecule has 1 unspecified atom stereocenters. The molecule has 1 amide bonds. The van der Waals surface area contributed by atoms with Crippen molar-refractivity contribution in [1.29, 1.82) is 0 Å².